The molecule has 3 heterocycles. The summed E-state index contributed by atoms with van der Waals surface area (Å²) in [7, 11) is 0. The summed E-state index contributed by atoms with van der Waals surface area (Å²) in [6.07, 6.45) is -6.78. The number of rotatable bonds is 4. The number of halogens is 6. The fourth-order valence-electron chi connectivity index (χ4n) is 4.44. The van der Waals surface area contributed by atoms with E-state index in [4.69, 9.17) is 0 Å². The number of aliphatic hydroxyl groups excluding tert-OH is 1. The topological polar surface area (TPSA) is 82.8 Å². The molecule has 39 heavy (non-hydrogen) atoms. The number of alkyl halides is 6. The van der Waals surface area contributed by atoms with Crippen LogP contribution in [-0.4, -0.2) is 63.1 Å². The van der Waals surface area contributed by atoms with E-state index in [2.05, 4.69) is 15.4 Å². The predicted molar refractivity (Wildman–Crippen MR) is 134 cm³/mol. The summed E-state index contributed by atoms with van der Waals surface area (Å²) >= 11 is 1.22. The van der Waals surface area contributed by atoms with Crippen LogP contribution in [0.15, 0.2) is 52.5 Å². The predicted octanol–water partition coefficient (Wildman–Crippen LogP) is 4.36. The second kappa shape index (κ2) is 10.3. The molecule has 1 atom stereocenters. The van der Waals surface area contributed by atoms with Crippen molar-refractivity contribution in [3.63, 3.8) is 0 Å². The first kappa shape index (κ1) is 27.2. The van der Waals surface area contributed by atoms with Gasteiger partial charge in [-0.05, 0) is 53.2 Å². The van der Waals surface area contributed by atoms with Crippen LogP contribution in [0.25, 0.3) is 17.0 Å². The molecule has 0 aliphatic carbocycles. The highest BCUT2D eigenvalue weighted by Gasteiger charge is 2.38. The lowest BCUT2D eigenvalue weighted by Gasteiger charge is -2.33. The number of amidine groups is 1. The summed E-state index contributed by atoms with van der Waals surface area (Å²) in [5.74, 6) is -0.396. The monoisotopic (exact) mass is 569 g/mol. The Morgan fingerprint density at radius 1 is 1.10 bits per heavy atom. The lowest BCUT2D eigenvalue weighted by atomic mass is 10.0. The maximum absolute atomic E-state index is 13.6. The van der Waals surface area contributed by atoms with Gasteiger partial charge in [-0.3, -0.25) is 9.48 Å². The van der Waals surface area contributed by atoms with E-state index in [1.54, 1.807) is 24.3 Å². The fraction of sp³-hybridized carbons (Fsp3) is 0.320. The third-order valence-electron chi connectivity index (χ3n) is 6.38. The molecule has 1 fully saturated rings. The number of aliphatic imine (C=N–C) groups is 1. The first-order valence-corrected chi connectivity index (χ1v) is 12.6. The highest BCUT2D eigenvalue weighted by atomic mass is 32.2. The van der Waals surface area contributed by atoms with Gasteiger partial charge in [0, 0.05) is 31.1 Å². The highest BCUT2D eigenvalue weighted by Crippen LogP contribution is 2.38. The van der Waals surface area contributed by atoms with Crippen molar-refractivity contribution in [3.05, 3.63) is 69.8 Å². The van der Waals surface area contributed by atoms with E-state index >= 15 is 0 Å². The van der Waals surface area contributed by atoms with Gasteiger partial charge in [0.1, 0.15) is 0 Å². The summed E-state index contributed by atoms with van der Waals surface area (Å²) in [5, 5.41) is 17.8. The first-order chi connectivity index (χ1) is 18.4. The minimum absolute atomic E-state index is 0.0326. The smallest absolute Gasteiger partial charge is 0.395 e. The van der Waals surface area contributed by atoms with E-state index in [-0.39, 0.29) is 30.8 Å². The van der Waals surface area contributed by atoms with Crippen LogP contribution in [0.1, 0.15) is 22.3 Å². The zero-order chi connectivity index (χ0) is 27.9. The molecule has 1 aromatic heterocycles. The van der Waals surface area contributed by atoms with Crippen molar-refractivity contribution >= 4 is 39.8 Å². The highest BCUT2D eigenvalue weighted by molar-refractivity contribution is 8.18. The first-order valence-electron chi connectivity index (χ1n) is 11.8. The Morgan fingerprint density at radius 3 is 2.62 bits per heavy atom. The van der Waals surface area contributed by atoms with E-state index < -0.39 is 29.4 Å². The zero-order valence-corrected chi connectivity index (χ0v) is 20.9. The molecule has 7 nitrogen and oxygen atoms in total. The molecule has 2 N–H and O–H groups in total. The summed E-state index contributed by atoms with van der Waals surface area (Å²) in [4.78, 5) is 19.0. The molecule has 2 aliphatic rings. The molecule has 2 aromatic carbocycles. The quantitative estimate of drug-likeness (QED) is 0.359. The Morgan fingerprint density at radius 2 is 1.90 bits per heavy atom. The van der Waals surface area contributed by atoms with Crippen LogP contribution in [0.2, 0.25) is 0 Å². The van der Waals surface area contributed by atoms with Gasteiger partial charge in [-0.1, -0.05) is 12.1 Å². The second-order valence-corrected chi connectivity index (χ2v) is 10.1. The molecule has 2 aliphatic heterocycles. The number of nitrogens with zero attached hydrogens (tertiary/aromatic N) is 4. The minimum Gasteiger partial charge on any atom is -0.395 e. The summed E-state index contributed by atoms with van der Waals surface area (Å²) in [5.41, 5.74) is -1.97. The normalized spacial score (nSPS) is 19.8. The van der Waals surface area contributed by atoms with Gasteiger partial charge in [-0.2, -0.15) is 36.4 Å². The van der Waals surface area contributed by atoms with Gasteiger partial charge in [0.05, 0.1) is 40.9 Å². The molecular weight excluding hydrogens is 548 g/mol. The van der Waals surface area contributed by atoms with Gasteiger partial charge in [0.2, 0.25) is 0 Å². The van der Waals surface area contributed by atoms with Gasteiger partial charge >= 0.3 is 12.4 Å². The molecule has 0 saturated carbocycles. The number of thioether (sulfide) groups is 1. The van der Waals surface area contributed by atoms with Crippen LogP contribution in [0.5, 0.6) is 0 Å². The molecule has 3 aromatic rings. The third kappa shape index (κ3) is 5.82. The summed E-state index contributed by atoms with van der Waals surface area (Å²) < 4.78 is 80.9. The third-order valence-corrected chi connectivity index (χ3v) is 7.43. The van der Waals surface area contributed by atoms with Crippen molar-refractivity contribution < 1.29 is 36.2 Å². The van der Waals surface area contributed by atoms with Gasteiger partial charge in [0.15, 0.2) is 5.17 Å². The van der Waals surface area contributed by atoms with Gasteiger partial charge in [0.25, 0.3) is 5.91 Å². The number of piperazine rings is 1. The van der Waals surface area contributed by atoms with Crippen molar-refractivity contribution in [2.45, 2.75) is 24.9 Å². The van der Waals surface area contributed by atoms with E-state index in [0.29, 0.717) is 52.2 Å². The van der Waals surface area contributed by atoms with E-state index in [0.717, 1.165) is 6.07 Å². The molecule has 14 heteroatoms. The number of aliphatic hydroxyl groups is 1. The number of benzene rings is 2. The van der Waals surface area contributed by atoms with Crippen molar-refractivity contribution in [2.24, 2.45) is 4.99 Å². The Bertz CT molecular complexity index is 1480. The van der Waals surface area contributed by atoms with Gasteiger partial charge < -0.3 is 15.3 Å². The molecule has 1 amide bonds. The maximum Gasteiger partial charge on any atom is 0.416 e. The molecule has 206 valence electrons. The number of hydrogen-bond donors (Lipinski definition) is 2. The van der Waals surface area contributed by atoms with Gasteiger partial charge in [-0.15, -0.1) is 0 Å². The maximum atomic E-state index is 13.6. The number of fused-ring (bicyclic) bond motifs is 1. The molecular formula is C25H21F6N5O2S. The molecule has 0 radical (unpaired) electrons. The van der Waals surface area contributed by atoms with Crippen LogP contribution in [0, 0.1) is 0 Å². The molecule has 5 rings (SSSR count). The van der Waals surface area contributed by atoms with E-state index in [9.17, 15) is 36.2 Å². The Balaban J connectivity index is 1.36. The van der Waals surface area contributed by atoms with Crippen molar-refractivity contribution in [1.29, 1.82) is 0 Å². The Hall–Kier alpha value is -3.36. The van der Waals surface area contributed by atoms with Gasteiger partial charge in [-0.25, -0.2) is 0 Å². The number of carbonyl (C=O) groups excluding carboxylic acids is 1. The van der Waals surface area contributed by atoms with Crippen LogP contribution < -0.4 is 5.32 Å². The Labute approximate surface area is 222 Å². The van der Waals surface area contributed by atoms with Crippen LogP contribution in [0.3, 0.4) is 0 Å². The standard InChI is InChI=1S/C25H21F6N5O2S/c26-24(27,28)17-3-2-15(19(9-17)25(29,30)31)11-36-20-4-1-14(7-16(20)10-33-36)8-21-22(38)34-23(39-21)35-6-5-32-18(12-35)13-37/h1-4,7-10,18,32,37H,5-6,11-13H2. The fourth-order valence-corrected chi connectivity index (χ4v) is 5.39. The van der Waals surface area contributed by atoms with Crippen LogP contribution in [0.4, 0.5) is 26.3 Å². The van der Waals surface area contributed by atoms with E-state index in [1.807, 2.05) is 4.90 Å². The van der Waals surface area contributed by atoms with Crippen LogP contribution >= 0.6 is 11.8 Å². The minimum atomic E-state index is -4.98. The number of carbonyl (C=O) groups is 1. The van der Waals surface area contributed by atoms with Crippen molar-refractivity contribution in [3.8, 4) is 0 Å². The molecule has 1 unspecified atom stereocenters. The number of aromatic nitrogens is 2. The summed E-state index contributed by atoms with van der Waals surface area (Å²) in [6.45, 7) is 1.39. The average molecular weight is 570 g/mol. The molecule has 0 bridgehead atoms. The number of amides is 1. The van der Waals surface area contributed by atoms with E-state index in [1.165, 1.54) is 22.6 Å². The summed E-state index contributed by atoms with van der Waals surface area (Å²) in [6, 6.07) is 6.45. The molecule has 0 spiro atoms. The molecule has 1 saturated heterocycles. The lowest BCUT2D eigenvalue weighted by molar-refractivity contribution is -0.143. The number of nitrogens with one attached hydrogen (secondary N) is 1. The second-order valence-electron chi connectivity index (χ2n) is 9.08. The number of hydrogen-bond acceptors (Lipinski definition) is 6. The SMILES string of the molecule is O=C1N=C(N2CCNC(CO)C2)SC1=Cc1ccc2c(cnn2Cc2ccc(C(F)(F)F)cc2C(F)(F)F)c1. The van der Waals surface area contributed by atoms with Crippen molar-refractivity contribution in [2.75, 3.05) is 26.2 Å². The lowest BCUT2D eigenvalue weighted by Crippen LogP contribution is -2.53. The Kier molecular flexibility index (Phi) is 7.20. The average Bonchev–Trinajstić information content (AvgIpc) is 3.45. The largest absolute Gasteiger partial charge is 0.416 e. The van der Waals surface area contributed by atoms with Crippen molar-refractivity contribution in [1.82, 2.24) is 20.0 Å². The zero-order valence-electron chi connectivity index (χ0n) is 20.1. The van der Waals surface area contributed by atoms with Crippen LogP contribution in [-0.2, 0) is 23.7 Å².